The second-order valence-electron chi connectivity index (χ2n) is 9.84. The van der Waals surface area contributed by atoms with Gasteiger partial charge in [-0.3, -0.25) is 20.1 Å². The van der Waals surface area contributed by atoms with Gasteiger partial charge in [-0.25, -0.2) is 9.78 Å². The van der Waals surface area contributed by atoms with Crippen LogP contribution in [0.2, 0.25) is 0 Å². The number of benzene rings is 1. The third kappa shape index (κ3) is 8.61. The van der Waals surface area contributed by atoms with Crippen LogP contribution in [0.4, 0.5) is 19.0 Å². The van der Waals surface area contributed by atoms with E-state index < -0.39 is 12.1 Å². The highest BCUT2D eigenvalue weighted by Crippen LogP contribution is 2.33. The van der Waals surface area contributed by atoms with Crippen LogP contribution >= 0.6 is 15.9 Å². The molecular weight excluding hydrogens is 595 g/mol. The van der Waals surface area contributed by atoms with Gasteiger partial charge in [0, 0.05) is 44.5 Å². The van der Waals surface area contributed by atoms with Gasteiger partial charge in [0.1, 0.15) is 6.07 Å². The van der Waals surface area contributed by atoms with Gasteiger partial charge in [-0.2, -0.15) is 23.4 Å². The third-order valence-electron chi connectivity index (χ3n) is 6.88. The first-order valence-corrected chi connectivity index (χ1v) is 13.5. The molecule has 1 aromatic heterocycles. The molecule has 14 heteroatoms. The minimum atomic E-state index is -5.08. The molecule has 4 rings (SSSR count). The van der Waals surface area contributed by atoms with Gasteiger partial charge in [0.15, 0.2) is 5.82 Å². The highest BCUT2D eigenvalue weighted by molar-refractivity contribution is 9.10. The molecule has 2 N–H and O–H groups in total. The fourth-order valence-corrected chi connectivity index (χ4v) is 4.97. The van der Waals surface area contributed by atoms with Crippen molar-refractivity contribution in [2.24, 2.45) is 5.92 Å². The highest BCUT2D eigenvalue weighted by Gasteiger charge is 2.38. The maximum Gasteiger partial charge on any atom is 0.490 e. The van der Waals surface area contributed by atoms with Crippen LogP contribution in [0.15, 0.2) is 34.9 Å². The van der Waals surface area contributed by atoms with Crippen LogP contribution in [0.5, 0.6) is 0 Å². The van der Waals surface area contributed by atoms with Crippen molar-refractivity contribution < 1.29 is 27.9 Å². The van der Waals surface area contributed by atoms with Gasteiger partial charge < -0.3 is 10.0 Å². The quantitative estimate of drug-likeness (QED) is 0.461. The fraction of sp³-hybridized carbons (Fsp3) is 0.500. The zero-order valence-corrected chi connectivity index (χ0v) is 23.7. The molecule has 1 aliphatic carbocycles. The first-order chi connectivity index (χ1) is 18.9. The van der Waals surface area contributed by atoms with E-state index in [1.807, 2.05) is 35.3 Å². The zero-order chi connectivity index (χ0) is 29.4. The molecule has 216 valence electrons. The minimum Gasteiger partial charge on any atom is -0.475 e. The van der Waals surface area contributed by atoms with Crippen LogP contribution in [0, 0.1) is 17.2 Å². The lowest BCUT2D eigenvalue weighted by atomic mass is 10.1. The predicted molar refractivity (Wildman–Crippen MR) is 144 cm³/mol. The van der Waals surface area contributed by atoms with Crippen molar-refractivity contribution in [1.82, 2.24) is 25.2 Å². The molecule has 2 aliphatic rings. The number of amides is 1. The van der Waals surface area contributed by atoms with E-state index in [-0.39, 0.29) is 17.8 Å². The average molecular weight is 626 g/mol. The third-order valence-corrected chi connectivity index (χ3v) is 7.44. The number of carbonyl (C=O) groups is 2. The molecule has 2 heterocycles. The SMILES string of the molecule is C[C@H]1CCC[C@H]1N(NC(=O)c1ccc(CN2CCN(C)CC2)cc1)c1nc(C#N)ncc1Br.O=C(O)C(F)(F)F. The maximum absolute atomic E-state index is 13.2. The molecule has 0 radical (unpaired) electrons. The normalized spacial score (nSPS) is 19.7. The smallest absolute Gasteiger partial charge is 0.475 e. The maximum atomic E-state index is 13.2. The van der Waals surface area contributed by atoms with E-state index in [4.69, 9.17) is 9.90 Å². The summed E-state index contributed by atoms with van der Waals surface area (Å²) in [4.78, 5) is 35.3. The number of piperazine rings is 1. The summed E-state index contributed by atoms with van der Waals surface area (Å²) in [5.41, 5.74) is 4.87. The molecule has 2 aromatic rings. The van der Waals surface area contributed by atoms with Gasteiger partial charge >= 0.3 is 12.1 Å². The van der Waals surface area contributed by atoms with Gasteiger partial charge in [-0.05, 0) is 59.4 Å². The van der Waals surface area contributed by atoms with E-state index >= 15 is 0 Å². The van der Waals surface area contributed by atoms with Crippen molar-refractivity contribution >= 4 is 33.6 Å². The van der Waals surface area contributed by atoms with Crippen molar-refractivity contribution in [2.75, 3.05) is 38.2 Å². The van der Waals surface area contributed by atoms with Crippen molar-refractivity contribution in [3.63, 3.8) is 0 Å². The summed E-state index contributed by atoms with van der Waals surface area (Å²) < 4.78 is 32.4. The Kier molecular flexibility index (Phi) is 10.8. The van der Waals surface area contributed by atoms with Crippen molar-refractivity contribution in [3.8, 4) is 6.07 Å². The van der Waals surface area contributed by atoms with Crippen LogP contribution in [-0.2, 0) is 11.3 Å². The van der Waals surface area contributed by atoms with Crippen molar-refractivity contribution in [3.05, 3.63) is 51.9 Å². The number of carboxylic acids is 1. The lowest BCUT2D eigenvalue weighted by Crippen LogP contribution is -2.50. The number of hydrogen-bond donors (Lipinski definition) is 2. The highest BCUT2D eigenvalue weighted by atomic mass is 79.9. The molecule has 1 aromatic carbocycles. The first kappa shape index (κ1) is 31.3. The lowest BCUT2D eigenvalue weighted by molar-refractivity contribution is -0.192. The molecule has 2 fully saturated rings. The lowest BCUT2D eigenvalue weighted by Gasteiger charge is -2.33. The summed E-state index contributed by atoms with van der Waals surface area (Å²) in [5, 5.41) is 18.2. The average Bonchev–Trinajstić information content (AvgIpc) is 3.34. The summed E-state index contributed by atoms with van der Waals surface area (Å²) in [7, 11) is 2.15. The monoisotopic (exact) mass is 625 g/mol. The topological polar surface area (TPSA) is 126 Å². The van der Waals surface area contributed by atoms with E-state index in [9.17, 15) is 23.2 Å². The number of alkyl halides is 3. The number of carboxylic acid groups (broad SMARTS) is 1. The summed E-state index contributed by atoms with van der Waals surface area (Å²) in [5.74, 6) is -1.97. The standard InChI is InChI=1S/C24H30BrN7O.C2HF3O2/c1-17-4-3-5-21(17)32(23-20(25)15-27-22(14-26)28-23)29-24(33)19-8-6-18(7-9-19)16-31-12-10-30(2)11-13-31;3-2(4,5)1(6)7/h6-9,15,17,21H,3-5,10-13,16H2,1-2H3,(H,29,33);(H,6,7)/t17-,21+;/m0./s1. The van der Waals surface area contributed by atoms with Crippen LogP contribution in [-0.4, -0.2) is 82.2 Å². The summed E-state index contributed by atoms with van der Waals surface area (Å²) in [6.07, 6.45) is -0.393. The van der Waals surface area contributed by atoms with Gasteiger partial charge in [0.25, 0.3) is 5.91 Å². The van der Waals surface area contributed by atoms with Gasteiger partial charge in [-0.15, -0.1) is 0 Å². The van der Waals surface area contributed by atoms with Crippen molar-refractivity contribution in [1.29, 1.82) is 5.26 Å². The van der Waals surface area contributed by atoms with Gasteiger partial charge in [-0.1, -0.05) is 25.5 Å². The second-order valence-corrected chi connectivity index (χ2v) is 10.7. The summed E-state index contributed by atoms with van der Waals surface area (Å²) >= 11 is 3.50. The Morgan fingerprint density at radius 3 is 2.35 bits per heavy atom. The number of nitriles is 1. The van der Waals surface area contributed by atoms with Crippen LogP contribution in [0.3, 0.4) is 0 Å². The number of anilines is 1. The molecule has 1 saturated heterocycles. The number of likely N-dealkylation sites (N-methyl/N-ethyl adjacent to an activating group) is 1. The molecule has 1 aliphatic heterocycles. The number of halogens is 4. The van der Waals surface area contributed by atoms with E-state index in [2.05, 4.69) is 55.1 Å². The Balaban J connectivity index is 0.000000559. The predicted octanol–water partition coefficient (Wildman–Crippen LogP) is 3.83. The Labute approximate surface area is 238 Å². The van der Waals surface area contributed by atoms with Crippen molar-refractivity contribution in [2.45, 2.75) is 44.9 Å². The largest absolute Gasteiger partial charge is 0.490 e. The fourth-order valence-electron chi connectivity index (χ4n) is 4.58. The molecular formula is C26H31BrF3N7O3. The Morgan fingerprint density at radius 2 is 1.82 bits per heavy atom. The van der Waals surface area contributed by atoms with E-state index in [0.29, 0.717) is 21.8 Å². The van der Waals surface area contributed by atoms with Crippen LogP contribution in [0.25, 0.3) is 0 Å². The summed E-state index contributed by atoms with van der Waals surface area (Å²) in [6.45, 7) is 7.37. The van der Waals surface area contributed by atoms with E-state index in [1.165, 1.54) is 5.56 Å². The molecule has 0 bridgehead atoms. The number of aromatic nitrogens is 2. The Bertz CT molecular complexity index is 1220. The number of nitrogens with zero attached hydrogens (tertiary/aromatic N) is 6. The Morgan fingerprint density at radius 1 is 1.20 bits per heavy atom. The molecule has 0 unspecified atom stereocenters. The summed E-state index contributed by atoms with van der Waals surface area (Å²) in [6, 6.07) is 9.92. The molecule has 1 saturated carbocycles. The van der Waals surface area contributed by atoms with Crippen LogP contribution < -0.4 is 10.4 Å². The number of nitrogens with one attached hydrogen (secondary N) is 1. The first-order valence-electron chi connectivity index (χ1n) is 12.7. The van der Waals surface area contributed by atoms with E-state index in [1.54, 1.807) is 6.20 Å². The Hall–Kier alpha value is -3.28. The zero-order valence-electron chi connectivity index (χ0n) is 22.2. The van der Waals surface area contributed by atoms with Crippen LogP contribution in [0.1, 0.15) is 47.9 Å². The molecule has 10 nitrogen and oxygen atoms in total. The van der Waals surface area contributed by atoms with E-state index in [0.717, 1.165) is 52.0 Å². The molecule has 2 atom stereocenters. The second kappa shape index (κ2) is 13.9. The van der Waals surface area contributed by atoms with Gasteiger partial charge in [0.2, 0.25) is 5.82 Å². The number of rotatable bonds is 6. The number of aliphatic carboxylic acids is 1. The molecule has 40 heavy (non-hydrogen) atoms. The molecule has 1 amide bonds. The molecule has 0 spiro atoms. The minimum absolute atomic E-state index is 0.0753. The van der Waals surface area contributed by atoms with Gasteiger partial charge in [0.05, 0.1) is 10.5 Å². The number of hydrazine groups is 1. The number of carbonyl (C=O) groups excluding carboxylic acids is 1. The number of hydrogen-bond acceptors (Lipinski definition) is 8.